The lowest BCUT2D eigenvalue weighted by Gasteiger charge is -2.34. The molecular formula is C17H30ClN3O2S. The predicted octanol–water partition coefficient (Wildman–Crippen LogP) is 2.34. The zero-order valence-corrected chi connectivity index (χ0v) is 16.4. The first kappa shape index (κ1) is 21.4. The minimum absolute atomic E-state index is 0. The third-order valence-corrected chi connectivity index (χ3v) is 5.71. The number of nitrogens with zero attached hydrogens (tertiary/aromatic N) is 1. The number of hydrogen-bond donors (Lipinski definition) is 2. The fraction of sp³-hybridized carbons (Fsp3) is 0.706. The molecule has 1 amide bonds. The van der Waals surface area contributed by atoms with E-state index in [1.165, 1.54) is 9.75 Å². The molecule has 3 unspecified atom stereocenters. The van der Waals surface area contributed by atoms with E-state index in [9.17, 15) is 4.79 Å². The SMILES string of the molecule is CCC(C)C(N)C(=O)NCC(c1ccc(C)s1)N1CCOCC1.Cl. The molecule has 5 nitrogen and oxygen atoms in total. The van der Waals surface area contributed by atoms with Crippen LogP contribution in [0.5, 0.6) is 0 Å². The van der Waals surface area contributed by atoms with Crippen molar-refractivity contribution in [3.8, 4) is 0 Å². The summed E-state index contributed by atoms with van der Waals surface area (Å²) in [4.78, 5) is 17.3. The molecule has 0 bridgehead atoms. The molecule has 7 heteroatoms. The van der Waals surface area contributed by atoms with Gasteiger partial charge in [0.15, 0.2) is 0 Å². The fourth-order valence-corrected chi connectivity index (χ4v) is 3.77. The maximum atomic E-state index is 12.3. The molecule has 1 aromatic heterocycles. The van der Waals surface area contributed by atoms with Crippen LogP contribution in [-0.4, -0.2) is 49.7 Å². The van der Waals surface area contributed by atoms with E-state index < -0.39 is 6.04 Å². The van der Waals surface area contributed by atoms with Gasteiger partial charge in [0.2, 0.25) is 5.91 Å². The smallest absolute Gasteiger partial charge is 0.237 e. The Kier molecular flexibility index (Phi) is 9.23. The number of amides is 1. The van der Waals surface area contributed by atoms with Crippen molar-refractivity contribution in [3.05, 3.63) is 21.9 Å². The van der Waals surface area contributed by atoms with Crippen LogP contribution in [0.1, 0.15) is 36.1 Å². The van der Waals surface area contributed by atoms with Crippen molar-refractivity contribution >= 4 is 29.7 Å². The van der Waals surface area contributed by atoms with Gasteiger partial charge in [-0.25, -0.2) is 0 Å². The average Bonchev–Trinajstić information content (AvgIpc) is 3.00. The first-order valence-electron chi connectivity index (χ1n) is 8.44. The molecule has 0 aromatic carbocycles. The number of thiophene rings is 1. The Morgan fingerprint density at radius 2 is 2.08 bits per heavy atom. The van der Waals surface area contributed by atoms with Gasteiger partial charge in [-0.3, -0.25) is 9.69 Å². The van der Waals surface area contributed by atoms with Gasteiger partial charge in [-0.05, 0) is 25.0 Å². The molecule has 1 aliphatic rings. The molecule has 24 heavy (non-hydrogen) atoms. The number of halogens is 1. The molecule has 0 aliphatic carbocycles. The number of rotatable bonds is 7. The first-order chi connectivity index (χ1) is 11.0. The van der Waals surface area contributed by atoms with Crippen molar-refractivity contribution in [2.75, 3.05) is 32.8 Å². The van der Waals surface area contributed by atoms with Crippen molar-refractivity contribution in [1.82, 2.24) is 10.2 Å². The number of carbonyl (C=O) groups excluding carboxylic acids is 1. The van der Waals surface area contributed by atoms with Crippen LogP contribution in [0.4, 0.5) is 0 Å². The van der Waals surface area contributed by atoms with Crippen LogP contribution in [0, 0.1) is 12.8 Å². The van der Waals surface area contributed by atoms with E-state index >= 15 is 0 Å². The van der Waals surface area contributed by atoms with Gasteiger partial charge in [-0.1, -0.05) is 20.3 Å². The molecule has 1 fully saturated rings. The highest BCUT2D eigenvalue weighted by Crippen LogP contribution is 2.28. The predicted molar refractivity (Wildman–Crippen MR) is 102 cm³/mol. The second-order valence-corrected chi connectivity index (χ2v) is 7.59. The standard InChI is InChI=1S/C17H29N3O2S.ClH/c1-4-12(2)16(18)17(21)19-11-14(15-6-5-13(3)23-15)20-7-9-22-10-8-20;/h5-6,12,14,16H,4,7-11,18H2,1-3H3,(H,19,21);1H. The summed E-state index contributed by atoms with van der Waals surface area (Å²) in [5, 5.41) is 3.06. The molecule has 2 heterocycles. The second-order valence-electron chi connectivity index (χ2n) is 6.27. The molecule has 3 atom stereocenters. The van der Waals surface area contributed by atoms with Gasteiger partial charge in [0.1, 0.15) is 0 Å². The molecule has 0 saturated carbocycles. The summed E-state index contributed by atoms with van der Waals surface area (Å²) < 4.78 is 5.46. The lowest BCUT2D eigenvalue weighted by Crippen LogP contribution is -2.48. The van der Waals surface area contributed by atoms with E-state index in [4.69, 9.17) is 10.5 Å². The largest absolute Gasteiger partial charge is 0.379 e. The first-order valence-corrected chi connectivity index (χ1v) is 9.26. The van der Waals surface area contributed by atoms with Crippen molar-refractivity contribution in [2.24, 2.45) is 11.7 Å². The van der Waals surface area contributed by atoms with E-state index in [0.29, 0.717) is 6.54 Å². The van der Waals surface area contributed by atoms with Crippen LogP contribution in [0.15, 0.2) is 12.1 Å². The summed E-state index contributed by atoms with van der Waals surface area (Å²) in [7, 11) is 0. The number of nitrogens with one attached hydrogen (secondary N) is 1. The van der Waals surface area contributed by atoms with Crippen LogP contribution in [0.2, 0.25) is 0 Å². The molecule has 0 radical (unpaired) electrons. The van der Waals surface area contributed by atoms with Gasteiger partial charge in [0, 0.05) is 29.4 Å². The lowest BCUT2D eigenvalue weighted by molar-refractivity contribution is -0.123. The van der Waals surface area contributed by atoms with Crippen molar-refractivity contribution in [1.29, 1.82) is 0 Å². The highest BCUT2D eigenvalue weighted by molar-refractivity contribution is 7.12. The minimum Gasteiger partial charge on any atom is -0.379 e. The Morgan fingerprint density at radius 1 is 1.42 bits per heavy atom. The van der Waals surface area contributed by atoms with Crippen molar-refractivity contribution < 1.29 is 9.53 Å². The monoisotopic (exact) mass is 375 g/mol. The number of hydrogen-bond acceptors (Lipinski definition) is 5. The molecule has 1 aliphatic heterocycles. The third-order valence-electron chi connectivity index (χ3n) is 4.61. The quantitative estimate of drug-likeness (QED) is 0.767. The zero-order valence-electron chi connectivity index (χ0n) is 14.8. The van der Waals surface area contributed by atoms with Gasteiger partial charge in [-0.2, -0.15) is 0 Å². The Hall–Kier alpha value is -0.660. The number of aryl methyl sites for hydroxylation is 1. The lowest BCUT2D eigenvalue weighted by atomic mass is 9.99. The Labute approximate surface area is 155 Å². The summed E-state index contributed by atoms with van der Waals surface area (Å²) in [6.07, 6.45) is 0.908. The second kappa shape index (κ2) is 10.4. The maximum absolute atomic E-state index is 12.3. The average molecular weight is 376 g/mol. The highest BCUT2D eigenvalue weighted by atomic mass is 35.5. The molecule has 0 spiro atoms. The van der Waals surface area contributed by atoms with E-state index in [-0.39, 0.29) is 30.3 Å². The minimum atomic E-state index is -0.435. The summed E-state index contributed by atoms with van der Waals surface area (Å²) in [6.45, 7) is 10.1. The van der Waals surface area contributed by atoms with Gasteiger partial charge in [0.25, 0.3) is 0 Å². The summed E-state index contributed by atoms with van der Waals surface area (Å²) >= 11 is 1.80. The van der Waals surface area contributed by atoms with Crippen LogP contribution >= 0.6 is 23.7 Å². The number of carbonyl (C=O) groups is 1. The van der Waals surface area contributed by atoms with E-state index in [1.807, 2.05) is 6.92 Å². The summed E-state index contributed by atoms with van der Waals surface area (Å²) in [6, 6.07) is 4.07. The zero-order chi connectivity index (χ0) is 16.8. The van der Waals surface area contributed by atoms with Crippen LogP contribution in [0.3, 0.4) is 0 Å². The van der Waals surface area contributed by atoms with E-state index in [2.05, 4.69) is 36.2 Å². The van der Waals surface area contributed by atoms with Crippen LogP contribution < -0.4 is 11.1 Å². The van der Waals surface area contributed by atoms with Crippen LogP contribution in [-0.2, 0) is 9.53 Å². The number of morpholine rings is 1. The normalized spacial score (nSPS) is 19.2. The Balaban J connectivity index is 0.00000288. The molecule has 138 valence electrons. The van der Waals surface area contributed by atoms with E-state index in [1.54, 1.807) is 11.3 Å². The summed E-state index contributed by atoms with van der Waals surface area (Å²) in [5.74, 6) is 0.145. The number of ether oxygens (including phenoxy) is 1. The Morgan fingerprint density at radius 3 is 2.62 bits per heavy atom. The van der Waals surface area contributed by atoms with Gasteiger partial charge < -0.3 is 15.8 Å². The number of nitrogens with two attached hydrogens (primary N) is 1. The van der Waals surface area contributed by atoms with Crippen molar-refractivity contribution in [3.63, 3.8) is 0 Å². The molecular weight excluding hydrogens is 346 g/mol. The highest BCUT2D eigenvalue weighted by Gasteiger charge is 2.26. The van der Waals surface area contributed by atoms with Gasteiger partial charge >= 0.3 is 0 Å². The van der Waals surface area contributed by atoms with Crippen molar-refractivity contribution in [2.45, 2.75) is 39.3 Å². The molecule has 3 N–H and O–H groups in total. The Bertz CT molecular complexity index is 506. The van der Waals surface area contributed by atoms with Gasteiger partial charge in [0.05, 0.1) is 25.3 Å². The third kappa shape index (κ3) is 5.70. The van der Waals surface area contributed by atoms with Gasteiger partial charge in [-0.15, -0.1) is 23.7 Å². The topological polar surface area (TPSA) is 67.6 Å². The molecule has 1 aromatic rings. The summed E-state index contributed by atoms with van der Waals surface area (Å²) in [5.41, 5.74) is 6.04. The van der Waals surface area contributed by atoms with E-state index in [0.717, 1.165) is 32.7 Å². The maximum Gasteiger partial charge on any atom is 0.237 e. The fourth-order valence-electron chi connectivity index (χ4n) is 2.76. The molecule has 1 saturated heterocycles. The van der Waals surface area contributed by atoms with Crippen LogP contribution in [0.25, 0.3) is 0 Å². The molecule has 2 rings (SSSR count).